The predicted molar refractivity (Wildman–Crippen MR) is 62.9 cm³/mol. The largest absolute Gasteiger partial charge is 0.508 e. The Bertz CT molecular complexity index is 573. The second kappa shape index (κ2) is 3.76. The molecule has 0 saturated heterocycles. The number of rotatable bonds is 1. The third-order valence-corrected chi connectivity index (χ3v) is 2.30. The van der Waals surface area contributed by atoms with Crippen molar-refractivity contribution in [3.8, 4) is 17.2 Å². The molecular weight excluding hydrogens is 220 g/mol. The van der Waals surface area contributed by atoms with Crippen LogP contribution < -0.4 is 5.76 Å². The highest BCUT2D eigenvalue weighted by atomic mass is 16.4. The standard InChI is InChI=1S/C12H14N2O3/c1-12(2,3)14-11(16)17-10(13-14)8-4-6-9(15)7-5-8/h4-7,15H,1-3H3. The van der Waals surface area contributed by atoms with Gasteiger partial charge in [-0.05, 0) is 45.0 Å². The molecule has 0 radical (unpaired) electrons. The number of aromatic nitrogens is 2. The van der Waals surface area contributed by atoms with Gasteiger partial charge in [0.1, 0.15) is 5.75 Å². The van der Waals surface area contributed by atoms with E-state index in [-0.39, 0.29) is 11.6 Å². The number of nitrogens with zero attached hydrogens (tertiary/aromatic N) is 2. The van der Waals surface area contributed by atoms with Crippen LogP contribution in [0, 0.1) is 0 Å². The number of phenolic OH excluding ortho intramolecular Hbond substituents is 1. The molecule has 0 spiro atoms. The zero-order valence-corrected chi connectivity index (χ0v) is 9.97. The van der Waals surface area contributed by atoms with Crippen molar-refractivity contribution in [2.24, 2.45) is 0 Å². The minimum atomic E-state index is -0.486. The first-order valence-electron chi connectivity index (χ1n) is 5.28. The van der Waals surface area contributed by atoms with Crippen LogP contribution in [0.15, 0.2) is 33.5 Å². The van der Waals surface area contributed by atoms with Crippen molar-refractivity contribution in [3.05, 3.63) is 34.8 Å². The Morgan fingerprint density at radius 3 is 2.29 bits per heavy atom. The van der Waals surface area contributed by atoms with Gasteiger partial charge in [0.25, 0.3) is 0 Å². The first-order chi connectivity index (χ1) is 7.88. The summed E-state index contributed by atoms with van der Waals surface area (Å²) in [6.45, 7) is 5.62. The van der Waals surface area contributed by atoms with Crippen molar-refractivity contribution in [1.29, 1.82) is 0 Å². The highest BCUT2D eigenvalue weighted by molar-refractivity contribution is 5.53. The molecule has 5 heteroatoms. The summed E-state index contributed by atoms with van der Waals surface area (Å²) in [5, 5.41) is 13.3. The molecule has 2 rings (SSSR count). The lowest BCUT2D eigenvalue weighted by Crippen LogP contribution is -2.32. The van der Waals surface area contributed by atoms with Crippen LogP contribution >= 0.6 is 0 Å². The third-order valence-electron chi connectivity index (χ3n) is 2.30. The van der Waals surface area contributed by atoms with Gasteiger partial charge in [0.05, 0.1) is 5.54 Å². The van der Waals surface area contributed by atoms with Crippen molar-refractivity contribution in [1.82, 2.24) is 9.78 Å². The number of aromatic hydroxyl groups is 1. The summed E-state index contributed by atoms with van der Waals surface area (Å²) in [6.07, 6.45) is 0. The summed E-state index contributed by atoms with van der Waals surface area (Å²) in [6, 6.07) is 6.33. The summed E-state index contributed by atoms with van der Waals surface area (Å²) in [7, 11) is 0. The molecule has 1 heterocycles. The fraction of sp³-hybridized carbons (Fsp3) is 0.333. The van der Waals surface area contributed by atoms with E-state index in [2.05, 4.69) is 5.10 Å². The van der Waals surface area contributed by atoms with E-state index in [9.17, 15) is 9.90 Å². The smallest absolute Gasteiger partial charge is 0.437 e. The molecule has 17 heavy (non-hydrogen) atoms. The lowest BCUT2D eigenvalue weighted by atomic mass is 10.1. The fourth-order valence-corrected chi connectivity index (χ4v) is 1.42. The van der Waals surface area contributed by atoms with Gasteiger partial charge < -0.3 is 9.52 Å². The normalized spacial score (nSPS) is 11.7. The van der Waals surface area contributed by atoms with E-state index in [4.69, 9.17) is 4.42 Å². The maximum atomic E-state index is 11.6. The Morgan fingerprint density at radius 2 is 1.82 bits per heavy atom. The lowest BCUT2D eigenvalue weighted by molar-refractivity contribution is 0.325. The summed E-state index contributed by atoms with van der Waals surface area (Å²) >= 11 is 0. The van der Waals surface area contributed by atoms with Crippen LogP contribution in [0.2, 0.25) is 0 Å². The van der Waals surface area contributed by atoms with E-state index < -0.39 is 11.3 Å². The SMILES string of the molecule is CC(C)(C)n1nc(-c2ccc(O)cc2)oc1=O. The summed E-state index contributed by atoms with van der Waals surface area (Å²) in [4.78, 5) is 11.6. The van der Waals surface area contributed by atoms with Crippen LogP contribution in [0.1, 0.15) is 20.8 Å². The van der Waals surface area contributed by atoms with Crippen LogP contribution in [0.25, 0.3) is 11.5 Å². The second-order valence-electron chi connectivity index (χ2n) is 4.80. The predicted octanol–water partition coefficient (Wildman–Crippen LogP) is 1.96. The van der Waals surface area contributed by atoms with Gasteiger partial charge in [0, 0.05) is 5.56 Å². The lowest BCUT2D eigenvalue weighted by Gasteiger charge is -2.15. The second-order valence-corrected chi connectivity index (χ2v) is 4.80. The summed E-state index contributed by atoms with van der Waals surface area (Å²) < 4.78 is 6.38. The average Bonchev–Trinajstić information content (AvgIpc) is 2.61. The van der Waals surface area contributed by atoms with Crippen LogP contribution in [0.5, 0.6) is 5.75 Å². The molecule has 5 nitrogen and oxygen atoms in total. The quantitative estimate of drug-likeness (QED) is 0.819. The molecule has 2 aromatic rings. The van der Waals surface area contributed by atoms with Gasteiger partial charge in [-0.3, -0.25) is 0 Å². The number of benzene rings is 1. The maximum absolute atomic E-state index is 11.6. The van der Waals surface area contributed by atoms with E-state index in [0.717, 1.165) is 0 Å². The molecule has 0 bridgehead atoms. The molecule has 1 aromatic heterocycles. The van der Waals surface area contributed by atoms with Crippen molar-refractivity contribution in [2.75, 3.05) is 0 Å². The third kappa shape index (κ3) is 2.22. The molecule has 0 aliphatic carbocycles. The molecule has 0 saturated carbocycles. The molecule has 0 fully saturated rings. The highest BCUT2D eigenvalue weighted by Gasteiger charge is 2.20. The molecule has 0 atom stereocenters. The Labute approximate surface area is 98.3 Å². The van der Waals surface area contributed by atoms with Crippen LogP contribution in [0.4, 0.5) is 0 Å². The van der Waals surface area contributed by atoms with E-state index in [0.29, 0.717) is 5.56 Å². The summed E-state index contributed by atoms with van der Waals surface area (Å²) in [5.41, 5.74) is 0.235. The Kier molecular flexibility index (Phi) is 2.53. The molecule has 0 aliphatic rings. The number of hydrogen-bond donors (Lipinski definition) is 1. The van der Waals surface area contributed by atoms with Crippen molar-refractivity contribution < 1.29 is 9.52 Å². The molecular formula is C12H14N2O3. The zero-order chi connectivity index (χ0) is 12.6. The van der Waals surface area contributed by atoms with E-state index in [1.807, 2.05) is 20.8 Å². The van der Waals surface area contributed by atoms with Crippen LogP contribution in [-0.4, -0.2) is 14.9 Å². The minimum absolute atomic E-state index is 0.159. The first-order valence-corrected chi connectivity index (χ1v) is 5.28. The highest BCUT2D eigenvalue weighted by Crippen LogP contribution is 2.20. The fourth-order valence-electron chi connectivity index (χ4n) is 1.42. The van der Waals surface area contributed by atoms with Crippen LogP contribution in [-0.2, 0) is 5.54 Å². The topological polar surface area (TPSA) is 68.3 Å². The summed E-state index contributed by atoms with van der Waals surface area (Å²) in [5.74, 6) is -0.0724. The Balaban J connectivity index is 2.49. The maximum Gasteiger partial charge on any atom is 0.437 e. The molecule has 0 unspecified atom stereocenters. The van der Waals surface area contributed by atoms with E-state index >= 15 is 0 Å². The Morgan fingerprint density at radius 1 is 1.24 bits per heavy atom. The van der Waals surface area contributed by atoms with Crippen molar-refractivity contribution in [3.63, 3.8) is 0 Å². The van der Waals surface area contributed by atoms with Gasteiger partial charge in [-0.1, -0.05) is 0 Å². The zero-order valence-electron chi connectivity index (χ0n) is 9.97. The number of hydrogen-bond acceptors (Lipinski definition) is 4. The van der Waals surface area contributed by atoms with Gasteiger partial charge in [0.2, 0.25) is 5.89 Å². The molecule has 1 aromatic carbocycles. The van der Waals surface area contributed by atoms with Gasteiger partial charge >= 0.3 is 5.76 Å². The first kappa shape index (κ1) is 11.4. The van der Waals surface area contributed by atoms with E-state index in [1.165, 1.54) is 16.8 Å². The van der Waals surface area contributed by atoms with Crippen molar-refractivity contribution >= 4 is 0 Å². The van der Waals surface area contributed by atoms with Gasteiger partial charge in [-0.15, -0.1) is 5.10 Å². The monoisotopic (exact) mass is 234 g/mol. The van der Waals surface area contributed by atoms with Gasteiger partial charge in [0.15, 0.2) is 0 Å². The van der Waals surface area contributed by atoms with Crippen molar-refractivity contribution in [2.45, 2.75) is 26.3 Å². The Hall–Kier alpha value is -2.04. The van der Waals surface area contributed by atoms with Gasteiger partial charge in [-0.25, -0.2) is 4.79 Å². The molecule has 90 valence electrons. The van der Waals surface area contributed by atoms with Gasteiger partial charge in [-0.2, -0.15) is 4.68 Å². The molecule has 0 aliphatic heterocycles. The van der Waals surface area contributed by atoms with Crippen LogP contribution in [0.3, 0.4) is 0 Å². The number of phenols is 1. The molecule has 1 N–H and O–H groups in total. The average molecular weight is 234 g/mol. The molecule has 0 amide bonds. The minimum Gasteiger partial charge on any atom is -0.508 e. The van der Waals surface area contributed by atoms with E-state index in [1.54, 1.807) is 12.1 Å².